The van der Waals surface area contributed by atoms with Gasteiger partial charge in [0.25, 0.3) is 0 Å². The highest BCUT2D eigenvalue weighted by molar-refractivity contribution is 5.85. The first-order valence-electron chi connectivity index (χ1n) is 6.38. The second-order valence-corrected chi connectivity index (χ2v) is 5.38. The number of anilines is 1. The Bertz CT molecular complexity index is 533. The van der Waals surface area contributed by atoms with E-state index >= 15 is 0 Å². The molecule has 0 aromatic heterocycles. The Hall–Kier alpha value is -1.54. The molecular weight excluding hydrogens is 222 g/mol. The van der Waals surface area contributed by atoms with Gasteiger partial charge in [0.05, 0.1) is 0 Å². The van der Waals surface area contributed by atoms with E-state index in [4.69, 9.17) is 5.11 Å². The molecular formula is C16H21NO. The molecule has 0 aliphatic rings. The Kier molecular flexibility index (Phi) is 3.58. The molecule has 0 unspecified atom stereocenters. The van der Waals surface area contributed by atoms with Crippen LogP contribution in [-0.4, -0.2) is 24.3 Å². The van der Waals surface area contributed by atoms with E-state index < -0.39 is 0 Å². The van der Waals surface area contributed by atoms with Gasteiger partial charge in [-0.25, -0.2) is 0 Å². The quantitative estimate of drug-likeness (QED) is 0.889. The van der Waals surface area contributed by atoms with E-state index in [2.05, 4.69) is 68.3 Å². The van der Waals surface area contributed by atoms with E-state index in [1.54, 1.807) is 0 Å². The predicted molar refractivity (Wildman–Crippen MR) is 78.1 cm³/mol. The molecule has 0 spiro atoms. The van der Waals surface area contributed by atoms with Gasteiger partial charge in [0.2, 0.25) is 0 Å². The molecule has 1 N–H and O–H groups in total. The molecule has 0 saturated heterocycles. The van der Waals surface area contributed by atoms with Gasteiger partial charge in [-0.15, -0.1) is 0 Å². The Morgan fingerprint density at radius 3 is 2.39 bits per heavy atom. The summed E-state index contributed by atoms with van der Waals surface area (Å²) in [6, 6.07) is 14.9. The summed E-state index contributed by atoms with van der Waals surface area (Å²) < 4.78 is 0. The van der Waals surface area contributed by atoms with Crippen LogP contribution in [0.3, 0.4) is 0 Å². The smallest absolute Gasteiger partial charge is 0.0453 e. The lowest BCUT2D eigenvalue weighted by Crippen LogP contribution is -2.41. The summed E-state index contributed by atoms with van der Waals surface area (Å²) in [6.07, 6.45) is 0.760. The summed E-state index contributed by atoms with van der Waals surface area (Å²) >= 11 is 0. The molecule has 0 bridgehead atoms. The highest BCUT2D eigenvalue weighted by atomic mass is 16.3. The lowest BCUT2D eigenvalue weighted by Gasteiger charge is -2.37. The number of benzene rings is 2. The monoisotopic (exact) mass is 243 g/mol. The zero-order chi connectivity index (χ0) is 13.2. The van der Waals surface area contributed by atoms with E-state index in [1.807, 2.05) is 0 Å². The fraction of sp³-hybridized carbons (Fsp3) is 0.375. The molecule has 2 rings (SSSR count). The fourth-order valence-electron chi connectivity index (χ4n) is 2.18. The van der Waals surface area contributed by atoms with Crippen LogP contribution in [0.1, 0.15) is 20.3 Å². The van der Waals surface area contributed by atoms with Crippen LogP contribution in [0.4, 0.5) is 5.69 Å². The van der Waals surface area contributed by atoms with Gasteiger partial charge in [0.1, 0.15) is 0 Å². The standard InChI is InChI=1S/C16H21NO/c1-16(2,10-11-18)17(3)15-9-8-13-6-4-5-7-14(13)12-15/h4-9,12,18H,10-11H2,1-3H3. The summed E-state index contributed by atoms with van der Waals surface area (Å²) in [5.41, 5.74) is 1.14. The Balaban J connectivity index is 2.36. The second-order valence-electron chi connectivity index (χ2n) is 5.38. The van der Waals surface area contributed by atoms with Crippen molar-refractivity contribution in [1.29, 1.82) is 0 Å². The van der Waals surface area contributed by atoms with E-state index in [0.717, 1.165) is 6.42 Å². The highest BCUT2D eigenvalue weighted by Crippen LogP contribution is 2.27. The topological polar surface area (TPSA) is 23.5 Å². The summed E-state index contributed by atoms with van der Waals surface area (Å²) in [7, 11) is 2.08. The molecule has 2 aromatic carbocycles. The van der Waals surface area contributed by atoms with E-state index in [1.165, 1.54) is 16.5 Å². The maximum Gasteiger partial charge on any atom is 0.0453 e. The van der Waals surface area contributed by atoms with Gasteiger partial charge in [-0.05, 0) is 43.2 Å². The molecule has 0 heterocycles. The van der Waals surface area contributed by atoms with Gasteiger partial charge in [-0.2, -0.15) is 0 Å². The van der Waals surface area contributed by atoms with Crippen LogP contribution >= 0.6 is 0 Å². The zero-order valence-corrected chi connectivity index (χ0v) is 11.4. The molecule has 96 valence electrons. The van der Waals surface area contributed by atoms with Crippen molar-refractivity contribution in [2.75, 3.05) is 18.6 Å². The van der Waals surface area contributed by atoms with Crippen molar-refractivity contribution < 1.29 is 5.11 Å². The third-order valence-corrected chi connectivity index (χ3v) is 3.75. The molecule has 0 atom stereocenters. The lowest BCUT2D eigenvalue weighted by molar-refractivity contribution is 0.250. The minimum atomic E-state index is -0.0444. The maximum absolute atomic E-state index is 9.14. The molecule has 0 aliphatic heterocycles. The largest absolute Gasteiger partial charge is 0.396 e. The number of aliphatic hydroxyl groups excluding tert-OH is 1. The fourth-order valence-corrected chi connectivity index (χ4v) is 2.18. The van der Waals surface area contributed by atoms with Crippen LogP contribution in [0.25, 0.3) is 10.8 Å². The van der Waals surface area contributed by atoms with Crippen LogP contribution in [0.15, 0.2) is 42.5 Å². The van der Waals surface area contributed by atoms with Crippen molar-refractivity contribution in [3.63, 3.8) is 0 Å². The van der Waals surface area contributed by atoms with Crippen molar-refractivity contribution >= 4 is 16.5 Å². The number of hydrogen-bond acceptors (Lipinski definition) is 2. The maximum atomic E-state index is 9.14. The number of aliphatic hydroxyl groups is 1. The molecule has 0 aliphatic carbocycles. The molecule has 0 radical (unpaired) electrons. The molecule has 2 nitrogen and oxygen atoms in total. The van der Waals surface area contributed by atoms with Crippen LogP contribution in [-0.2, 0) is 0 Å². The average molecular weight is 243 g/mol. The van der Waals surface area contributed by atoms with Crippen LogP contribution in [0.5, 0.6) is 0 Å². The van der Waals surface area contributed by atoms with Gasteiger partial charge in [0, 0.05) is 24.9 Å². The summed E-state index contributed by atoms with van der Waals surface area (Å²) in [4.78, 5) is 2.23. The summed E-state index contributed by atoms with van der Waals surface area (Å²) in [5.74, 6) is 0. The van der Waals surface area contributed by atoms with Crippen LogP contribution in [0, 0.1) is 0 Å². The Labute approximate surface area is 109 Å². The first-order valence-corrected chi connectivity index (χ1v) is 6.38. The van der Waals surface area contributed by atoms with Crippen molar-refractivity contribution in [2.45, 2.75) is 25.8 Å². The molecule has 0 saturated carbocycles. The summed E-state index contributed by atoms with van der Waals surface area (Å²) in [5, 5.41) is 11.7. The Morgan fingerprint density at radius 1 is 1.06 bits per heavy atom. The molecule has 2 aromatic rings. The predicted octanol–water partition coefficient (Wildman–Crippen LogP) is 3.44. The third kappa shape index (κ3) is 2.49. The van der Waals surface area contributed by atoms with E-state index in [9.17, 15) is 0 Å². The van der Waals surface area contributed by atoms with Gasteiger partial charge in [-0.3, -0.25) is 0 Å². The van der Waals surface area contributed by atoms with Crippen molar-refractivity contribution in [3.05, 3.63) is 42.5 Å². The highest BCUT2D eigenvalue weighted by Gasteiger charge is 2.23. The van der Waals surface area contributed by atoms with Crippen molar-refractivity contribution in [1.82, 2.24) is 0 Å². The average Bonchev–Trinajstić information content (AvgIpc) is 2.37. The van der Waals surface area contributed by atoms with Gasteiger partial charge >= 0.3 is 0 Å². The minimum Gasteiger partial charge on any atom is -0.396 e. The second kappa shape index (κ2) is 4.99. The number of nitrogens with zero attached hydrogens (tertiary/aromatic N) is 1. The molecule has 18 heavy (non-hydrogen) atoms. The van der Waals surface area contributed by atoms with Gasteiger partial charge < -0.3 is 10.0 Å². The van der Waals surface area contributed by atoms with Crippen LogP contribution < -0.4 is 4.90 Å². The Morgan fingerprint density at radius 2 is 1.72 bits per heavy atom. The van der Waals surface area contributed by atoms with Crippen LogP contribution in [0.2, 0.25) is 0 Å². The van der Waals surface area contributed by atoms with Crippen molar-refractivity contribution in [2.24, 2.45) is 0 Å². The lowest BCUT2D eigenvalue weighted by atomic mass is 9.98. The molecule has 2 heteroatoms. The SMILES string of the molecule is CN(c1ccc2ccccc2c1)C(C)(C)CCO. The first-order chi connectivity index (χ1) is 8.54. The normalized spacial score (nSPS) is 11.8. The zero-order valence-electron chi connectivity index (χ0n) is 11.4. The van der Waals surface area contributed by atoms with E-state index in [-0.39, 0.29) is 12.1 Å². The molecule has 0 amide bonds. The third-order valence-electron chi connectivity index (χ3n) is 3.75. The van der Waals surface area contributed by atoms with Gasteiger partial charge in [0.15, 0.2) is 0 Å². The number of fused-ring (bicyclic) bond motifs is 1. The number of hydrogen-bond donors (Lipinski definition) is 1. The van der Waals surface area contributed by atoms with E-state index in [0.29, 0.717) is 0 Å². The number of rotatable bonds is 4. The molecule has 0 fully saturated rings. The summed E-state index contributed by atoms with van der Waals surface area (Å²) in [6.45, 7) is 4.52. The van der Waals surface area contributed by atoms with Crippen molar-refractivity contribution in [3.8, 4) is 0 Å². The van der Waals surface area contributed by atoms with Gasteiger partial charge in [-0.1, -0.05) is 30.3 Å². The minimum absolute atomic E-state index is 0.0444. The first kappa shape index (κ1) is 12.9.